The highest BCUT2D eigenvalue weighted by Gasteiger charge is 2.31. The molecular formula is C19H14F3N3O5. The number of aromatic carboxylic acids is 1. The standard InChI is InChI=1S/C19H14F3N3O5/c20-19(21,22)30-14-8-6-13(7-9-14)25-16(15(10-23-25)17(26)27)24-18(28)29-11-12-4-2-1-3-5-12/h1-10H,11H2,(H,24,28)(H,26,27). The molecule has 0 radical (unpaired) electrons. The number of rotatable bonds is 6. The molecule has 0 aliphatic rings. The molecule has 30 heavy (non-hydrogen) atoms. The minimum absolute atomic E-state index is 0.0489. The maximum absolute atomic E-state index is 12.3. The molecule has 0 bridgehead atoms. The minimum Gasteiger partial charge on any atom is -0.477 e. The van der Waals surface area contributed by atoms with Gasteiger partial charge in [0.1, 0.15) is 17.9 Å². The molecule has 0 saturated carbocycles. The number of nitrogens with one attached hydrogen (secondary N) is 1. The van der Waals surface area contributed by atoms with E-state index in [9.17, 15) is 27.9 Å². The number of carboxylic acids is 1. The van der Waals surface area contributed by atoms with E-state index >= 15 is 0 Å². The molecule has 0 aliphatic carbocycles. The maximum Gasteiger partial charge on any atom is 0.573 e. The number of anilines is 1. The normalized spacial score (nSPS) is 11.0. The zero-order chi connectivity index (χ0) is 21.7. The molecule has 3 aromatic rings. The Hall–Kier alpha value is -4.02. The van der Waals surface area contributed by atoms with Gasteiger partial charge in [0.2, 0.25) is 0 Å². The van der Waals surface area contributed by atoms with Gasteiger partial charge in [-0.25, -0.2) is 14.3 Å². The lowest BCUT2D eigenvalue weighted by atomic mass is 10.2. The molecule has 3 rings (SSSR count). The molecule has 2 N–H and O–H groups in total. The number of aromatic nitrogens is 2. The van der Waals surface area contributed by atoms with Crippen LogP contribution < -0.4 is 10.1 Å². The van der Waals surface area contributed by atoms with Gasteiger partial charge < -0.3 is 14.6 Å². The third-order valence-corrected chi connectivity index (χ3v) is 3.75. The summed E-state index contributed by atoms with van der Waals surface area (Å²) in [5, 5.41) is 15.5. The minimum atomic E-state index is -4.85. The highest BCUT2D eigenvalue weighted by molar-refractivity contribution is 5.97. The second kappa shape index (κ2) is 8.55. The van der Waals surface area contributed by atoms with Gasteiger partial charge in [0.15, 0.2) is 5.82 Å². The van der Waals surface area contributed by atoms with Crippen LogP contribution in [0.25, 0.3) is 5.69 Å². The first-order valence-electron chi connectivity index (χ1n) is 8.38. The fourth-order valence-electron chi connectivity index (χ4n) is 2.47. The molecule has 1 heterocycles. The first-order valence-corrected chi connectivity index (χ1v) is 8.38. The molecule has 0 saturated heterocycles. The number of carbonyl (C=O) groups excluding carboxylic acids is 1. The van der Waals surface area contributed by atoms with Crippen molar-refractivity contribution < 1.29 is 37.3 Å². The average molecular weight is 421 g/mol. The van der Waals surface area contributed by atoms with E-state index in [1.165, 1.54) is 12.1 Å². The summed E-state index contributed by atoms with van der Waals surface area (Å²) in [6.07, 6.45) is -4.78. The van der Waals surface area contributed by atoms with Crippen molar-refractivity contribution in [2.24, 2.45) is 0 Å². The first-order chi connectivity index (χ1) is 14.2. The number of benzene rings is 2. The maximum atomic E-state index is 12.3. The van der Waals surface area contributed by atoms with Crippen LogP contribution in [0.2, 0.25) is 0 Å². The van der Waals surface area contributed by atoms with Gasteiger partial charge in [0.05, 0.1) is 11.9 Å². The molecule has 0 spiro atoms. The Kier molecular flexibility index (Phi) is 5.90. The van der Waals surface area contributed by atoms with Gasteiger partial charge in [-0.15, -0.1) is 13.2 Å². The van der Waals surface area contributed by atoms with E-state index in [4.69, 9.17) is 4.74 Å². The molecule has 0 fully saturated rings. The Morgan fingerprint density at radius 1 is 1.07 bits per heavy atom. The highest BCUT2D eigenvalue weighted by atomic mass is 19.4. The summed E-state index contributed by atoms with van der Waals surface area (Å²) in [5.41, 5.74) is 0.581. The largest absolute Gasteiger partial charge is 0.573 e. The molecule has 1 aromatic heterocycles. The van der Waals surface area contributed by atoms with Gasteiger partial charge in [-0.3, -0.25) is 5.32 Å². The highest BCUT2D eigenvalue weighted by Crippen LogP contribution is 2.26. The average Bonchev–Trinajstić information content (AvgIpc) is 3.10. The lowest BCUT2D eigenvalue weighted by molar-refractivity contribution is -0.274. The molecule has 8 nitrogen and oxygen atoms in total. The van der Waals surface area contributed by atoms with Crippen molar-refractivity contribution in [3.8, 4) is 11.4 Å². The monoisotopic (exact) mass is 421 g/mol. The van der Waals surface area contributed by atoms with Crippen LogP contribution in [-0.2, 0) is 11.3 Å². The lowest BCUT2D eigenvalue weighted by Crippen LogP contribution is -2.18. The number of nitrogens with zero attached hydrogens (tertiary/aromatic N) is 2. The number of alkyl halides is 3. The number of hydrogen-bond donors (Lipinski definition) is 2. The predicted molar refractivity (Wildman–Crippen MR) is 97.5 cm³/mol. The van der Waals surface area contributed by atoms with E-state index in [-0.39, 0.29) is 23.7 Å². The topological polar surface area (TPSA) is 103 Å². The zero-order valence-corrected chi connectivity index (χ0v) is 15.1. The van der Waals surface area contributed by atoms with Crippen molar-refractivity contribution in [1.29, 1.82) is 0 Å². The van der Waals surface area contributed by atoms with Gasteiger partial charge >= 0.3 is 18.4 Å². The zero-order valence-electron chi connectivity index (χ0n) is 15.1. The molecule has 0 atom stereocenters. The number of amides is 1. The molecule has 2 aromatic carbocycles. The molecule has 1 amide bonds. The third kappa shape index (κ3) is 5.28. The lowest BCUT2D eigenvalue weighted by Gasteiger charge is -2.12. The van der Waals surface area contributed by atoms with Crippen molar-refractivity contribution in [2.45, 2.75) is 13.0 Å². The summed E-state index contributed by atoms with van der Waals surface area (Å²) in [4.78, 5) is 23.6. The molecule has 0 aliphatic heterocycles. The van der Waals surface area contributed by atoms with Crippen molar-refractivity contribution in [1.82, 2.24) is 9.78 Å². The number of halogens is 3. The Labute approximate surface area is 167 Å². The van der Waals surface area contributed by atoms with Gasteiger partial charge in [0.25, 0.3) is 0 Å². The predicted octanol–water partition coefficient (Wildman–Crippen LogP) is 4.22. The van der Waals surface area contributed by atoms with Crippen molar-refractivity contribution in [2.75, 3.05) is 5.32 Å². The summed E-state index contributed by atoms with van der Waals surface area (Å²) < 4.78 is 46.8. The summed E-state index contributed by atoms with van der Waals surface area (Å²) in [7, 11) is 0. The van der Waals surface area contributed by atoms with E-state index in [2.05, 4.69) is 15.2 Å². The number of ether oxygens (including phenoxy) is 2. The first kappa shape index (κ1) is 20.7. The summed E-state index contributed by atoms with van der Waals surface area (Å²) in [6, 6.07) is 13.3. The van der Waals surface area contributed by atoms with Gasteiger partial charge in [-0.1, -0.05) is 30.3 Å². The van der Waals surface area contributed by atoms with Crippen LogP contribution in [0.15, 0.2) is 60.8 Å². The van der Waals surface area contributed by atoms with Gasteiger partial charge in [-0.05, 0) is 29.8 Å². The van der Waals surface area contributed by atoms with E-state index in [0.29, 0.717) is 0 Å². The fourth-order valence-corrected chi connectivity index (χ4v) is 2.47. The molecule has 0 unspecified atom stereocenters. The van der Waals surface area contributed by atoms with Gasteiger partial charge in [-0.2, -0.15) is 5.10 Å². The van der Waals surface area contributed by atoms with Crippen LogP contribution in [0, 0.1) is 0 Å². The van der Waals surface area contributed by atoms with E-state index in [1.54, 1.807) is 30.3 Å². The third-order valence-electron chi connectivity index (χ3n) is 3.75. The molecular weight excluding hydrogens is 407 g/mol. The quantitative estimate of drug-likeness (QED) is 0.618. The molecule has 11 heteroatoms. The van der Waals surface area contributed by atoms with Crippen LogP contribution in [0.5, 0.6) is 5.75 Å². The van der Waals surface area contributed by atoms with Crippen LogP contribution in [0.4, 0.5) is 23.8 Å². The van der Waals surface area contributed by atoms with Crippen molar-refractivity contribution >= 4 is 17.9 Å². The van der Waals surface area contributed by atoms with Crippen molar-refractivity contribution in [3.63, 3.8) is 0 Å². The fraction of sp³-hybridized carbons (Fsp3) is 0.105. The van der Waals surface area contributed by atoms with Gasteiger partial charge in [0, 0.05) is 0 Å². The Bertz CT molecular complexity index is 1030. The van der Waals surface area contributed by atoms with Crippen LogP contribution in [0.1, 0.15) is 15.9 Å². The van der Waals surface area contributed by atoms with Crippen molar-refractivity contribution in [3.05, 3.63) is 71.9 Å². The smallest absolute Gasteiger partial charge is 0.477 e. The summed E-state index contributed by atoms with van der Waals surface area (Å²) in [6.45, 7) is -0.0489. The van der Waals surface area contributed by atoms with E-state index in [0.717, 1.165) is 28.6 Å². The SMILES string of the molecule is O=C(Nc1c(C(=O)O)cnn1-c1ccc(OC(F)(F)F)cc1)OCc1ccccc1. The van der Waals surface area contributed by atoms with E-state index < -0.39 is 24.2 Å². The second-order valence-corrected chi connectivity index (χ2v) is 5.85. The molecule has 156 valence electrons. The summed E-state index contributed by atoms with van der Waals surface area (Å²) in [5.74, 6) is -2.05. The Morgan fingerprint density at radius 2 is 1.73 bits per heavy atom. The second-order valence-electron chi connectivity index (χ2n) is 5.85. The van der Waals surface area contributed by atoms with Crippen LogP contribution >= 0.6 is 0 Å². The number of carboxylic acid groups (broad SMARTS) is 1. The summed E-state index contributed by atoms with van der Waals surface area (Å²) >= 11 is 0. The number of carbonyl (C=O) groups is 2. The Morgan fingerprint density at radius 3 is 2.33 bits per heavy atom. The Balaban J connectivity index is 1.79. The number of hydrogen-bond acceptors (Lipinski definition) is 5. The van der Waals surface area contributed by atoms with Crippen LogP contribution in [0.3, 0.4) is 0 Å². The van der Waals surface area contributed by atoms with E-state index in [1.807, 2.05) is 0 Å². The van der Waals surface area contributed by atoms with Crippen LogP contribution in [-0.4, -0.2) is 33.3 Å².